The summed E-state index contributed by atoms with van der Waals surface area (Å²) in [6, 6.07) is 12.7. The van der Waals surface area contributed by atoms with Crippen LogP contribution in [-0.4, -0.2) is 88.1 Å². The summed E-state index contributed by atoms with van der Waals surface area (Å²) in [5.41, 5.74) is 2.15. The summed E-state index contributed by atoms with van der Waals surface area (Å²) in [4.78, 5) is 23.3. The van der Waals surface area contributed by atoms with E-state index < -0.39 is 10.0 Å². The third-order valence-corrected chi connectivity index (χ3v) is 10.8. The van der Waals surface area contributed by atoms with Crippen molar-refractivity contribution in [1.29, 1.82) is 0 Å². The van der Waals surface area contributed by atoms with E-state index in [0.29, 0.717) is 38.2 Å². The molecule has 11 heteroatoms. The number of hydrogen-bond donors (Lipinski definition) is 0. The van der Waals surface area contributed by atoms with Gasteiger partial charge in [-0.05, 0) is 67.6 Å². The number of rotatable bonds is 10. The third-order valence-electron chi connectivity index (χ3n) is 7.81. The molecule has 3 aromatic rings. The van der Waals surface area contributed by atoms with Crippen molar-refractivity contribution < 1.29 is 22.7 Å². The lowest BCUT2D eigenvalue weighted by atomic mass is 9.96. The molecule has 40 heavy (non-hydrogen) atoms. The van der Waals surface area contributed by atoms with E-state index in [9.17, 15) is 13.2 Å². The van der Waals surface area contributed by atoms with E-state index in [4.69, 9.17) is 14.5 Å². The number of methoxy groups -OCH3 is 1. The van der Waals surface area contributed by atoms with Crippen molar-refractivity contribution in [3.8, 4) is 5.75 Å². The Hall–Kier alpha value is -2.57. The van der Waals surface area contributed by atoms with Crippen LogP contribution >= 0.6 is 11.3 Å². The van der Waals surface area contributed by atoms with Crippen LogP contribution < -0.4 is 9.64 Å². The molecule has 0 atom stereocenters. The predicted molar refractivity (Wildman–Crippen MR) is 158 cm³/mol. The fraction of sp³-hybridized carbons (Fsp3) is 0.517. The maximum absolute atomic E-state index is 14.0. The van der Waals surface area contributed by atoms with Gasteiger partial charge in [0.2, 0.25) is 15.9 Å². The quantitative estimate of drug-likeness (QED) is 0.354. The zero-order valence-corrected chi connectivity index (χ0v) is 24.9. The van der Waals surface area contributed by atoms with Gasteiger partial charge in [-0.15, -0.1) is 0 Å². The van der Waals surface area contributed by atoms with Crippen molar-refractivity contribution in [2.75, 3.05) is 64.5 Å². The van der Waals surface area contributed by atoms with Crippen LogP contribution in [0.5, 0.6) is 5.75 Å². The molecule has 0 unspecified atom stereocenters. The number of morpholine rings is 1. The van der Waals surface area contributed by atoms with Crippen molar-refractivity contribution in [3.05, 3.63) is 48.0 Å². The lowest BCUT2D eigenvalue weighted by molar-refractivity contribution is -0.123. The maximum Gasteiger partial charge on any atom is 0.243 e. The smallest absolute Gasteiger partial charge is 0.243 e. The number of amides is 1. The molecule has 3 heterocycles. The van der Waals surface area contributed by atoms with Crippen molar-refractivity contribution in [2.24, 2.45) is 5.92 Å². The highest BCUT2D eigenvalue weighted by atomic mass is 32.2. The van der Waals surface area contributed by atoms with E-state index >= 15 is 0 Å². The average molecular weight is 587 g/mol. The second-order valence-electron chi connectivity index (χ2n) is 10.3. The number of fused-ring (bicyclic) bond motifs is 1. The standard InChI is InChI=1S/C29H38N4O5S2/c1-3-22-5-10-26-27(21-22)39-29(30-26)33(14-4-13-31-17-19-38-20-18-31)28(34)23-11-15-32(16-12-23)40(35,36)25-8-6-24(37-2)7-9-25/h5-10,21,23H,3-4,11-20H2,1-2H3. The number of carbonyl (C=O) groups is 1. The number of sulfonamides is 1. The molecular formula is C29H38N4O5S2. The topological polar surface area (TPSA) is 92.3 Å². The third kappa shape index (κ3) is 6.49. The molecule has 2 saturated heterocycles. The van der Waals surface area contributed by atoms with Gasteiger partial charge in [0.05, 0.1) is 35.4 Å². The van der Waals surface area contributed by atoms with Crippen LogP contribution in [0.25, 0.3) is 10.2 Å². The van der Waals surface area contributed by atoms with Crippen LogP contribution in [0.2, 0.25) is 0 Å². The number of ether oxygens (including phenoxy) is 2. The fourth-order valence-electron chi connectivity index (χ4n) is 5.33. The molecule has 5 rings (SSSR count). The number of anilines is 1. The summed E-state index contributed by atoms with van der Waals surface area (Å²) < 4.78 is 39.7. The molecule has 1 aromatic heterocycles. The molecule has 0 bridgehead atoms. The minimum absolute atomic E-state index is 0.0400. The van der Waals surface area contributed by atoms with Crippen molar-refractivity contribution >= 4 is 42.6 Å². The van der Waals surface area contributed by atoms with E-state index in [-0.39, 0.29) is 16.7 Å². The summed E-state index contributed by atoms with van der Waals surface area (Å²) in [5, 5.41) is 0.725. The fourth-order valence-corrected chi connectivity index (χ4v) is 7.86. The highest BCUT2D eigenvalue weighted by molar-refractivity contribution is 7.89. The van der Waals surface area contributed by atoms with Crippen LogP contribution in [0.15, 0.2) is 47.4 Å². The van der Waals surface area contributed by atoms with E-state index in [1.165, 1.54) is 9.87 Å². The highest BCUT2D eigenvalue weighted by Gasteiger charge is 2.35. The van der Waals surface area contributed by atoms with Gasteiger partial charge in [0.25, 0.3) is 0 Å². The highest BCUT2D eigenvalue weighted by Crippen LogP contribution is 2.33. The monoisotopic (exact) mass is 586 g/mol. The molecule has 2 aliphatic rings. The molecule has 0 saturated carbocycles. The van der Waals surface area contributed by atoms with Gasteiger partial charge in [0.15, 0.2) is 5.13 Å². The zero-order valence-electron chi connectivity index (χ0n) is 23.3. The predicted octanol–water partition coefficient (Wildman–Crippen LogP) is 4.02. The number of piperidine rings is 1. The van der Waals surface area contributed by atoms with Gasteiger partial charge < -0.3 is 9.47 Å². The Kier molecular flexibility index (Phi) is 9.37. The summed E-state index contributed by atoms with van der Waals surface area (Å²) in [6.45, 7) is 7.56. The summed E-state index contributed by atoms with van der Waals surface area (Å²) in [5.74, 6) is 0.403. The number of benzene rings is 2. The first-order chi connectivity index (χ1) is 19.4. The number of hydrogen-bond acceptors (Lipinski definition) is 8. The normalized spacial score (nSPS) is 17.8. The molecule has 2 aliphatic heterocycles. The van der Waals surface area contributed by atoms with Crippen molar-refractivity contribution in [3.63, 3.8) is 0 Å². The number of carbonyl (C=O) groups excluding carboxylic acids is 1. The van der Waals surface area contributed by atoms with Gasteiger partial charge in [0.1, 0.15) is 5.75 Å². The van der Waals surface area contributed by atoms with Crippen LogP contribution in [0.4, 0.5) is 5.13 Å². The van der Waals surface area contributed by atoms with Gasteiger partial charge in [-0.1, -0.05) is 24.3 Å². The minimum Gasteiger partial charge on any atom is -0.497 e. The Morgan fingerprint density at radius 1 is 1.10 bits per heavy atom. The molecule has 0 radical (unpaired) electrons. The molecule has 0 aliphatic carbocycles. The Morgan fingerprint density at radius 2 is 1.82 bits per heavy atom. The van der Waals surface area contributed by atoms with Crippen molar-refractivity contribution in [2.45, 2.75) is 37.5 Å². The molecule has 0 N–H and O–H groups in total. The number of nitrogens with zero attached hydrogens (tertiary/aromatic N) is 4. The SMILES string of the molecule is CCc1ccc2nc(N(CCCN3CCOCC3)C(=O)C3CCN(S(=O)(=O)c4ccc(OC)cc4)CC3)sc2c1. The molecule has 1 amide bonds. The van der Waals surface area contributed by atoms with E-state index in [0.717, 1.165) is 61.0 Å². The average Bonchev–Trinajstić information content (AvgIpc) is 3.42. The second-order valence-corrected chi connectivity index (χ2v) is 13.3. The Balaban J connectivity index is 1.29. The van der Waals surface area contributed by atoms with Crippen LogP contribution in [-0.2, 0) is 26.0 Å². The number of aryl methyl sites for hydroxylation is 1. The first-order valence-electron chi connectivity index (χ1n) is 14.0. The van der Waals surface area contributed by atoms with Gasteiger partial charge in [-0.25, -0.2) is 13.4 Å². The van der Waals surface area contributed by atoms with Gasteiger partial charge >= 0.3 is 0 Å². The summed E-state index contributed by atoms with van der Waals surface area (Å²) in [7, 11) is -2.08. The maximum atomic E-state index is 14.0. The molecule has 2 fully saturated rings. The van der Waals surface area contributed by atoms with Gasteiger partial charge in [-0.2, -0.15) is 4.31 Å². The Bertz CT molecular complexity index is 1400. The molecule has 216 valence electrons. The number of thiazole rings is 1. The Morgan fingerprint density at radius 3 is 2.50 bits per heavy atom. The number of aromatic nitrogens is 1. The molecular weight excluding hydrogens is 548 g/mol. The Labute approximate surface area is 240 Å². The zero-order chi connectivity index (χ0) is 28.1. The first kappa shape index (κ1) is 28.9. The lowest BCUT2D eigenvalue weighted by Gasteiger charge is -2.33. The summed E-state index contributed by atoms with van der Waals surface area (Å²) >= 11 is 1.56. The van der Waals surface area contributed by atoms with E-state index in [1.54, 1.807) is 42.7 Å². The largest absolute Gasteiger partial charge is 0.497 e. The van der Waals surface area contributed by atoms with Crippen LogP contribution in [0, 0.1) is 5.92 Å². The molecule has 2 aromatic carbocycles. The second kappa shape index (κ2) is 12.9. The van der Waals surface area contributed by atoms with Crippen LogP contribution in [0.1, 0.15) is 31.7 Å². The van der Waals surface area contributed by atoms with Crippen molar-refractivity contribution in [1.82, 2.24) is 14.2 Å². The van der Waals surface area contributed by atoms with Gasteiger partial charge in [-0.3, -0.25) is 14.6 Å². The molecule has 0 spiro atoms. The first-order valence-corrected chi connectivity index (χ1v) is 16.3. The van der Waals surface area contributed by atoms with E-state index in [1.807, 2.05) is 11.0 Å². The summed E-state index contributed by atoms with van der Waals surface area (Å²) in [6.07, 6.45) is 2.76. The minimum atomic E-state index is -3.63. The van der Waals surface area contributed by atoms with E-state index in [2.05, 4.69) is 24.0 Å². The van der Waals surface area contributed by atoms with Gasteiger partial charge in [0, 0.05) is 45.2 Å². The lowest BCUT2D eigenvalue weighted by Crippen LogP contribution is -2.45. The molecule has 9 nitrogen and oxygen atoms in total. The van der Waals surface area contributed by atoms with Crippen LogP contribution in [0.3, 0.4) is 0 Å².